The first kappa shape index (κ1) is 14.8. The van der Waals surface area contributed by atoms with Gasteiger partial charge in [0, 0.05) is 25.2 Å². The van der Waals surface area contributed by atoms with Crippen molar-refractivity contribution in [1.29, 1.82) is 0 Å². The molecule has 0 spiro atoms. The van der Waals surface area contributed by atoms with Gasteiger partial charge in [0.25, 0.3) is 0 Å². The fourth-order valence-electron chi connectivity index (χ4n) is 2.30. The first-order chi connectivity index (χ1) is 9.53. The van der Waals surface area contributed by atoms with Crippen LogP contribution in [0.2, 0.25) is 0 Å². The number of para-hydroxylation sites is 1. The Hall–Kier alpha value is -1.59. The van der Waals surface area contributed by atoms with Gasteiger partial charge >= 0.3 is 5.97 Å². The second-order valence-electron chi connectivity index (χ2n) is 5.39. The van der Waals surface area contributed by atoms with Crippen molar-refractivity contribution >= 4 is 5.97 Å². The third-order valence-corrected chi connectivity index (χ3v) is 3.63. The average molecular weight is 278 g/mol. The van der Waals surface area contributed by atoms with E-state index in [4.69, 9.17) is 15.2 Å². The summed E-state index contributed by atoms with van der Waals surface area (Å²) in [6.07, 6.45) is 0.557. The number of benzene rings is 1. The van der Waals surface area contributed by atoms with Crippen molar-refractivity contribution in [3.63, 3.8) is 0 Å². The van der Waals surface area contributed by atoms with E-state index < -0.39 is 5.54 Å². The summed E-state index contributed by atoms with van der Waals surface area (Å²) in [5.74, 6) is 0.572. The van der Waals surface area contributed by atoms with Gasteiger partial charge in [-0.1, -0.05) is 18.2 Å². The molecular formula is C15H22N2O3. The van der Waals surface area contributed by atoms with E-state index in [1.54, 1.807) is 6.92 Å². The minimum Gasteiger partial charge on any atom is -0.492 e. The molecule has 20 heavy (non-hydrogen) atoms. The third kappa shape index (κ3) is 3.49. The summed E-state index contributed by atoms with van der Waals surface area (Å²) in [7, 11) is 1.36. The Morgan fingerprint density at radius 1 is 1.50 bits per heavy atom. The van der Waals surface area contributed by atoms with Gasteiger partial charge in [0.05, 0.1) is 7.11 Å². The molecular weight excluding hydrogens is 256 g/mol. The number of rotatable bonds is 4. The number of methoxy groups -OCH3 is 1. The molecule has 0 saturated carbocycles. The molecule has 0 aromatic heterocycles. The minimum absolute atomic E-state index is 0.371. The number of hydrogen-bond acceptors (Lipinski definition) is 5. The fraction of sp³-hybridized carbons (Fsp3) is 0.533. The summed E-state index contributed by atoms with van der Waals surface area (Å²) in [4.78, 5) is 13.8. The van der Waals surface area contributed by atoms with Gasteiger partial charge < -0.3 is 15.2 Å². The van der Waals surface area contributed by atoms with E-state index in [9.17, 15) is 4.79 Å². The van der Waals surface area contributed by atoms with Crippen molar-refractivity contribution < 1.29 is 14.3 Å². The maximum Gasteiger partial charge on any atom is 0.325 e. The zero-order valence-corrected chi connectivity index (χ0v) is 12.1. The number of carbonyl (C=O) groups is 1. The van der Waals surface area contributed by atoms with Crippen LogP contribution in [0.4, 0.5) is 0 Å². The van der Waals surface area contributed by atoms with Crippen molar-refractivity contribution in [3.05, 3.63) is 29.8 Å². The molecule has 1 aliphatic rings. The van der Waals surface area contributed by atoms with Crippen LogP contribution >= 0.6 is 0 Å². The van der Waals surface area contributed by atoms with Crippen LogP contribution in [0.5, 0.6) is 5.75 Å². The lowest BCUT2D eigenvalue weighted by Gasteiger charge is -2.26. The standard InChI is InChI=1S/C15H22N2O3/c1-15(16,14(18)19-2)7-8-17-9-10-20-13-6-4-3-5-12(13)11-17/h3-6H,7-11,16H2,1-2H3. The zero-order valence-electron chi connectivity index (χ0n) is 12.1. The highest BCUT2D eigenvalue weighted by molar-refractivity contribution is 5.79. The Kier molecular flexibility index (Phi) is 4.62. The first-order valence-electron chi connectivity index (χ1n) is 6.83. The molecule has 110 valence electrons. The summed E-state index contributed by atoms with van der Waals surface area (Å²) < 4.78 is 10.4. The number of hydrogen-bond donors (Lipinski definition) is 1. The molecule has 0 bridgehead atoms. The lowest BCUT2D eigenvalue weighted by molar-refractivity contribution is -0.146. The summed E-state index contributed by atoms with van der Waals surface area (Å²) in [5, 5.41) is 0. The molecule has 1 aromatic rings. The summed E-state index contributed by atoms with van der Waals surface area (Å²) in [5.41, 5.74) is 6.21. The first-order valence-corrected chi connectivity index (χ1v) is 6.83. The maximum atomic E-state index is 11.6. The predicted octanol–water partition coefficient (Wildman–Crippen LogP) is 1.16. The van der Waals surface area contributed by atoms with Crippen molar-refractivity contribution in [2.45, 2.75) is 25.4 Å². The van der Waals surface area contributed by atoms with Crippen LogP contribution in [0.1, 0.15) is 18.9 Å². The maximum absolute atomic E-state index is 11.6. The largest absolute Gasteiger partial charge is 0.492 e. The minimum atomic E-state index is -0.943. The topological polar surface area (TPSA) is 64.8 Å². The quantitative estimate of drug-likeness (QED) is 0.837. The normalized spacial score (nSPS) is 18.4. The molecule has 0 saturated heterocycles. The van der Waals surface area contributed by atoms with Gasteiger partial charge in [-0.25, -0.2) is 0 Å². The number of nitrogens with zero attached hydrogens (tertiary/aromatic N) is 1. The second-order valence-corrected chi connectivity index (χ2v) is 5.39. The van der Waals surface area contributed by atoms with Crippen LogP contribution in [0, 0.1) is 0 Å². The van der Waals surface area contributed by atoms with E-state index in [1.165, 1.54) is 12.7 Å². The Morgan fingerprint density at radius 3 is 3.00 bits per heavy atom. The molecule has 0 radical (unpaired) electrons. The molecule has 1 unspecified atom stereocenters. The summed E-state index contributed by atoms with van der Waals surface area (Å²) >= 11 is 0. The number of fused-ring (bicyclic) bond motifs is 1. The predicted molar refractivity (Wildman–Crippen MR) is 76.4 cm³/mol. The fourth-order valence-corrected chi connectivity index (χ4v) is 2.30. The van der Waals surface area contributed by atoms with E-state index in [0.29, 0.717) is 13.0 Å². The van der Waals surface area contributed by atoms with Gasteiger partial charge in [0.15, 0.2) is 0 Å². The third-order valence-electron chi connectivity index (χ3n) is 3.63. The second kappa shape index (κ2) is 6.24. The summed E-state index contributed by atoms with van der Waals surface area (Å²) in [6.45, 7) is 4.73. The van der Waals surface area contributed by atoms with Crippen LogP contribution in [0.25, 0.3) is 0 Å². The molecule has 1 aliphatic heterocycles. The van der Waals surface area contributed by atoms with Crippen molar-refractivity contribution in [3.8, 4) is 5.75 Å². The molecule has 0 aliphatic carbocycles. The molecule has 0 fully saturated rings. The number of nitrogens with two attached hydrogens (primary N) is 1. The van der Waals surface area contributed by atoms with Gasteiger partial charge in [-0.15, -0.1) is 0 Å². The Labute approximate surface area is 119 Å². The van der Waals surface area contributed by atoms with Crippen molar-refractivity contribution in [1.82, 2.24) is 4.90 Å². The molecule has 1 aromatic carbocycles. The van der Waals surface area contributed by atoms with E-state index in [2.05, 4.69) is 11.0 Å². The van der Waals surface area contributed by atoms with Crippen molar-refractivity contribution in [2.24, 2.45) is 5.73 Å². The Morgan fingerprint density at radius 2 is 2.25 bits per heavy atom. The SMILES string of the molecule is COC(=O)C(C)(N)CCN1CCOc2ccccc2C1. The van der Waals surface area contributed by atoms with E-state index >= 15 is 0 Å². The lowest BCUT2D eigenvalue weighted by Crippen LogP contribution is -2.48. The number of ether oxygens (including phenoxy) is 2. The highest BCUT2D eigenvalue weighted by atomic mass is 16.5. The molecule has 2 rings (SSSR count). The van der Waals surface area contributed by atoms with Gasteiger partial charge in [-0.05, 0) is 19.4 Å². The Balaban J connectivity index is 1.96. The van der Waals surface area contributed by atoms with Crippen LogP contribution in [0.3, 0.4) is 0 Å². The van der Waals surface area contributed by atoms with Gasteiger partial charge in [0.2, 0.25) is 0 Å². The smallest absolute Gasteiger partial charge is 0.325 e. The van der Waals surface area contributed by atoms with Crippen LogP contribution in [-0.2, 0) is 16.1 Å². The molecule has 5 heteroatoms. The number of esters is 1. The zero-order chi connectivity index (χ0) is 14.6. The van der Waals surface area contributed by atoms with E-state index in [1.807, 2.05) is 18.2 Å². The monoisotopic (exact) mass is 278 g/mol. The Bertz CT molecular complexity index is 474. The van der Waals surface area contributed by atoms with Crippen LogP contribution in [0.15, 0.2) is 24.3 Å². The molecule has 1 atom stereocenters. The molecule has 0 amide bonds. The van der Waals surface area contributed by atoms with Gasteiger partial charge in [-0.3, -0.25) is 9.69 Å². The van der Waals surface area contributed by atoms with E-state index in [-0.39, 0.29) is 5.97 Å². The molecule has 5 nitrogen and oxygen atoms in total. The highest BCUT2D eigenvalue weighted by Gasteiger charge is 2.30. The lowest BCUT2D eigenvalue weighted by atomic mass is 9.99. The number of carbonyl (C=O) groups excluding carboxylic acids is 1. The van der Waals surface area contributed by atoms with Crippen LogP contribution in [-0.4, -0.2) is 43.2 Å². The molecule has 1 heterocycles. The van der Waals surface area contributed by atoms with Gasteiger partial charge in [-0.2, -0.15) is 0 Å². The molecule has 2 N–H and O–H groups in total. The van der Waals surface area contributed by atoms with Gasteiger partial charge in [0.1, 0.15) is 17.9 Å². The van der Waals surface area contributed by atoms with E-state index in [0.717, 1.165) is 25.4 Å². The highest BCUT2D eigenvalue weighted by Crippen LogP contribution is 2.23. The summed E-state index contributed by atoms with van der Waals surface area (Å²) in [6, 6.07) is 8.03. The average Bonchev–Trinajstić information content (AvgIpc) is 2.66. The van der Waals surface area contributed by atoms with Crippen molar-refractivity contribution in [2.75, 3.05) is 26.8 Å². The van der Waals surface area contributed by atoms with Crippen LogP contribution < -0.4 is 10.5 Å².